The van der Waals surface area contributed by atoms with Gasteiger partial charge in [-0.3, -0.25) is 9.59 Å². The third kappa shape index (κ3) is 4.40. The number of hydrogen-bond acceptors (Lipinski definition) is 3. The molecule has 4 rings (SSSR count). The predicted molar refractivity (Wildman–Crippen MR) is 113 cm³/mol. The van der Waals surface area contributed by atoms with E-state index < -0.39 is 0 Å². The summed E-state index contributed by atoms with van der Waals surface area (Å²) >= 11 is 6.30. The number of ether oxygens (including phenoxy) is 1. The van der Waals surface area contributed by atoms with Gasteiger partial charge in [-0.2, -0.15) is 0 Å². The van der Waals surface area contributed by atoms with Crippen molar-refractivity contribution in [2.75, 3.05) is 24.6 Å². The van der Waals surface area contributed by atoms with Gasteiger partial charge in [0.2, 0.25) is 11.8 Å². The molecule has 0 spiro atoms. The Morgan fingerprint density at radius 3 is 2.62 bits per heavy atom. The number of rotatable bonds is 5. The topological polar surface area (TPSA) is 49.9 Å². The highest BCUT2D eigenvalue weighted by Crippen LogP contribution is 2.31. The first-order valence-electron chi connectivity index (χ1n) is 10.2. The van der Waals surface area contributed by atoms with Crippen LogP contribution in [0.5, 0.6) is 5.75 Å². The minimum absolute atomic E-state index is 0.0315. The van der Waals surface area contributed by atoms with Crippen molar-refractivity contribution in [1.82, 2.24) is 4.90 Å². The molecule has 0 N–H and O–H groups in total. The molecule has 1 atom stereocenters. The Hall–Kier alpha value is -2.53. The normalized spacial score (nSPS) is 18.3. The summed E-state index contributed by atoms with van der Waals surface area (Å²) in [5.41, 5.74) is 1.86. The number of benzene rings is 2. The molecule has 1 fully saturated rings. The number of halogens is 1. The molecule has 0 aromatic heterocycles. The van der Waals surface area contributed by atoms with E-state index in [2.05, 4.69) is 0 Å². The Labute approximate surface area is 176 Å². The van der Waals surface area contributed by atoms with Gasteiger partial charge in [0, 0.05) is 30.5 Å². The van der Waals surface area contributed by atoms with Gasteiger partial charge in [0.1, 0.15) is 12.4 Å². The van der Waals surface area contributed by atoms with E-state index >= 15 is 0 Å². The van der Waals surface area contributed by atoms with Gasteiger partial charge in [-0.1, -0.05) is 41.9 Å². The molecule has 0 saturated carbocycles. The maximum absolute atomic E-state index is 12.9. The molecular weight excluding hydrogens is 388 g/mol. The zero-order valence-corrected chi connectivity index (χ0v) is 17.1. The van der Waals surface area contributed by atoms with Crippen molar-refractivity contribution in [3.8, 4) is 5.75 Å². The smallest absolute Gasteiger partial charge is 0.227 e. The Balaban J connectivity index is 1.36. The first-order chi connectivity index (χ1) is 14.1. The predicted octanol–water partition coefficient (Wildman–Crippen LogP) is 4.08. The van der Waals surface area contributed by atoms with Crippen molar-refractivity contribution in [2.24, 2.45) is 0 Å². The Kier molecular flexibility index (Phi) is 6.05. The van der Waals surface area contributed by atoms with E-state index in [1.807, 2.05) is 53.4 Å². The molecule has 2 aromatic rings. The molecule has 6 heteroatoms. The lowest BCUT2D eigenvalue weighted by molar-refractivity contribution is -0.133. The molecule has 29 heavy (non-hydrogen) atoms. The highest BCUT2D eigenvalue weighted by Gasteiger charge is 2.30. The summed E-state index contributed by atoms with van der Waals surface area (Å²) in [4.78, 5) is 29.3. The molecule has 2 aliphatic rings. The third-order valence-electron chi connectivity index (χ3n) is 5.69. The number of amides is 2. The number of hydrogen-bond donors (Lipinski definition) is 0. The number of para-hydroxylation sites is 2. The van der Waals surface area contributed by atoms with Crippen LogP contribution in [0.3, 0.4) is 0 Å². The number of fused-ring (bicyclic) bond motifs is 1. The zero-order chi connectivity index (χ0) is 20.2. The second-order valence-corrected chi connectivity index (χ2v) is 7.95. The molecule has 2 aromatic carbocycles. The summed E-state index contributed by atoms with van der Waals surface area (Å²) in [7, 11) is 0. The Bertz CT molecular complexity index is 901. The van der Waals surface area contributed by atoms with Crippen molar-refractivity contribution in [2.45, 2.75) is 38.1 Å². The number of anilines is 1. The van der Waals surface area contributed by atoms with E-state index in [1.54, 1.807) is 4.90 Å². The molecule has 2 heterocycles. The largest absolute Gasteiger partial charge is 0.490 e. The number of nitrogens with zero attached hydrogens (tertiary/aromatic N) is 2. The highest BCUT2D eigenvalue weighted by atomic mass is 35.5. The van der Waals surface area contributed by atoms with Gasteiger partial charge in [-0.05, 0) is 43.0 Å². The standard InChI is InChI=1S/C23H25ClN2O3/c24-19-8-2-1-6-17(19)16-18-7-5-13-25(18)22(27)11-12-23(28)26-14-15-29-21-10-4-3-9-20(21)26/h1-4,6,8-10,18H,5,7,11-16H2. The third-order valence-corrected chi connectivity index (χ3v) is 6.06. The van der Waals surface area contributed by atoms with Gasteiger partial charge in [-0.15, -0.1) is 0 Å². The molecule has 0 bridgehead atoms. The molecule has 5 nitrogen and oxygen atoms in total. The van der Waals surface area contributed by atoms with Crippen LogP contribution in [0.15, 0.2) is 48.5 Å². The Morgan fingerprint density at radius 2 is 1.76 bits per heavy atom. The number of carbonyl (C=O) groups is 2. The van der Waals surface area contributed by atoms with E-state index in [1.165, 1.54) is 0 Å². The van der Waals surface area contributed by atoms with Crippen LogP contribution in [0.4, 0.5) is 5.69 Å². The van der Waals surface area contributed by atoms with Crippen molar-refractivity contribution in [3.63, 3.8) is 0 Å². The van der Waals surface area contributed by atoms with Crippen molar-refractivity contribution in [3.05, 3.63) is 59.1 Å². The molecule has 0 radical (unpaired) electrons. The summed E-state index contributed by atoms with van der Waals surface area (Å²) < 4.78 is 5.61. The Morgan fingerprint density at radius 1 is 1.00 bits per heavy atom. The van der Waals surface area contributed by atoms with Crippen LogP contribution >= 0.6 is 11.6 Å². The van der Waals surface area contributed by atoms with Gasteiger partial charge in [0.05, 0.1) is 12.2 Å². The van der Waals surface area contributed by atoms with Crippen LogP contribution in [0.2, 0.25) is 5.02 Å². The van der Waals surface area contributed by atoms with Crippen LogP contribution in [0, 0.1) is 0 Å². The fourth-order valence-corrected chi connectivity index (χ4v) is 4.43. The van der Waals surface area contributed by atoms with Gasteiger partial charge < -0.3 is 14.5 Å². The lowest BCUT2D eigenvalue weighted by Crippen LogP contribution is -2.40. The maximum Gasteiger partial charge on any atom is 0.227 e. The second kappa shape index (κ2) is 8.87. The summed E-state index contributed by atoms with van der Waals surface area (Å²) in [6.45, 7) is 1.74. The monoisotopic (exact) mass is 412 g/mol. The van der Waals surface area contributed by atoms with Crippen LogP contribution in [0.25, 0.3) is 0 Å². The highest BCUT2D eigenvalue weighted by molar-refractivity contribution is 6.31. The van der Waals surface area contributed by atoms with E-state index in [9.17, 15) is 9.59 Å². The molecule has 1 unspecified atom stereocenters. The quantitative estimate of drug-likeness (QED) is 0.743. The molecule has 152 valence electrons. The zero-order valence-electron chi connectivity index (χ0n) is 16.4. The minimum Gasteiger partial charge on any atom is -0.490 e. The van der Waals surface area contributed by atoms with Crippen LogP contribution in [-0.4, -0.2) is 42.5 Å². The second-order valence-electron chi connectivity index (χ2n) is 7.54. The van der Waals surface area contributed by atoms with Gasteiger partial charge in [-0.25, -0.2) is 0 Å². The lowest BCUT2D eigenvalue weighted by atomic mass is 10.0. The van der Waals surface area contributed by atoms with Crippen LogP contribution < -0.4 is 9.64 Å². The van der Waals surface area contributed by atoms with Gasteiger partial charge in [0.25, 0.3) is 0 Å². The summed E-state index contributed by atoms with van der Waals surface area (Å²) in [5, 5.41) is 0.743. The molecule has 0 aliphatic carbocycles. The maximum atomic E-state index is 12.9. The minimum atomic E-state index is -0.0315. The van der Waals surface area contributed by atoms with Crippen molar-refractivity contribution in [1.29, 1.82) is 0 Å². The first kappa shape index (κ1) is 19.8. The summed E-state index contributed by atoms with van der Waals surface area (Å²) in [6.07, 6.45) is 3.17. The summed E-state index contributed by atoms with van der Waals surface area (Å²) in [6, 6.07) is 15.5. The average molecular weight is 413 g/mol. The van der Waals surface area contributed by atoms with Crippen LogP contribution in [-0.2, 0) is 16.0 Å². The van der Waals surface area contributed by atoms with E-state index in [4.69, 9.17) is 16.3 Å². The fraction of sp³-hybridized carbons (Fsp3) is 0.391. The van der Waals surface area contributed by atoms with Gasteiger partial charge in [0.15, 0.2) is 0 Å². The van der Waals surface area contributed by atoms with Crippen LogP contribution in [0.1, 0.15) is 31.2 Å². The average Bonchev–Trinajstić information content (AvgIpc) is 3.21. The van der Waals surface area contributed by atoms with Gasteiger partial charge >= 0.3 is 0 Å². The molecule has 2 aliphatic heterocycles. The first-order valence-corrected chi connectivity index (χ1v) is 10.6. The fourth-order valence-electron chi connectivity index (χ4n) is 4.22. The van der Waals surface area contributed by atoms with E-state index in [0.717, 1.165) is 47.8 Å². The number of likely N-dealkylation sites (tertiary alicyclic amines) is 1. The van der Waals surface area contributed by atoms with Crippen molar-refractivity contribution < 1.29 is 14.3 Å². The van der Waals surface area contributed by atoms with E-state index in [0.29, 0.717) is 13.2 Å². The number of carbonyl (C=O) groups excluding carboxylic acids is 2. The SMILES string of the molecule is O=C(CCC(=O)N1CCCC1Cc1ccccc1Cl)N1CCOc2ccccc21. The summed E-state index contributed by atoms with van der Waals surface area (Å²) in [5.74, 6) is 0.739. The van der Waals surface area contributed by atoms with E-state index in [-0.39, 0.29) is 30.7 Å². The molecule has 2 amide bonds. The molecule has 1 saturated heterocycles. The van der Waals surface area contributed by atoms with Crippen molar-refractivity contribution >= 4 is 29.1 Å². The molecular formula is C23H25ClN2O3. The lowest BCUT2D eigenvalue weighted by Gasteiger charge is -2.30.